The van der Waals surface area contributed by atoms with E-state index in [2.05, 4.69) is 26.7 Å². The summed E-state index contributed by atoms with van der Waals surface area (Å²) in [5, 5.41) is 18.4. The lowest BCUT2D eigenvalue weighted by molar-refractivity contribution is 0.0206. The van der Waals surface area contributed by atoms with Crippen LogP contribution in [0.4, 0.5) is 16.4 Å². The number of amides is 1. The smallest absolute Gasteiger partial charge is 0.410 e. The number of benzene rings is 2. The zero-order valence-corrected chi connectivity index (χ0v) is 25.4. The van der Waals surface area contributed by atoms with Crippen molar-refractivity contribution in [3.8, 4) is 22.9 Å². The Morgan fingerprint density at radius 2 is 1.93 bits per heavy atom. The maximum Gasteiger partial charge on any atom is 0.410 e. The van der Waals surface area contributed by atoms with E-state index in [9.17, 15) is 9.90 Å². The third kappa shape index (κ3) is 7.50. The molecule has 43 heavy (non-hydrogen) atoms. The highest BCUT2D eigenvalue weighted by Crippen LogP contribution is 2.38. The molecular weight excluding hydrogens is 544 g/mol. The predicted molar refractivity (Wildman–Crippen MR) is 169 cm³/mol. The minimum Gasteiger partial charge on any atom is -0.444 e. The first-order valence-electron chi connectivity index (χ1n) is 14.7. The molecule has 4 aromatic rings. The molecule has 1 aliphatic rings. The molecule has 0 spiro atoms. The van der Waals surface area contributed by atoms with Gasteiger partial charge in [0, 0.05) is 54.5 Å². The number of piperidine rings is 1. The van der Waals surface area contributed by atoms with Gasteiger partial charge in [0.2, 0.25) is 11.8 Å². The number of aryl methyl sites for hydroxylation is 1. The fourth-order valence-corrected chi connectivity index (χ4v) is 5.10. The zero-order chi connectivity index (χ0) is 30.6. The maximum absolute atomic E-state index is 12.6. The van der Waals surface area contributed by atoms with E-state index in [1.807, 2.05) is 70.2 Å². The molecule has 10 heteroatoms. The molecule has 0 saturated carbocycles. The molecule has 0 aliphatic carbocycles. The number of aromatic nitrogens is 3. The number of fused-ring (bicyclic) bond motifs is 1. The fraction of sp³-hybridized carbons (Fsp3) is 0.394. The van der Waals surface area contributed by atoms with Gasteiger partial charge in [0.25, 0.3) is 0 Å². The molecule has 1 fully saturated rings. The molecule has 2 aromatic heterocycles. The molecule has 1 amide bonds. The first-order chi connectivity index (χ1) is 20.6. The number of carbonyl (C=O) groups excluding carboxylic acids is 1. The highest BCUT2D eigenvalue weighted by molar-refractivity contribution is 5.98. The Labute approximate surface area is 252 Å². The molecule has 2 aromatic carbocycles. The SMILES string of the molecule is Cc1ccc2c(NCC(C)O)cccc2c1Oc1ncccc1-c1ccnc(N[C@H]2CCCN(C(=O)OC(C)(C)C)C2)n1. The topological polar surface area (TPSA) is 122 Å². The minimum absolute atomic E-state index is 0.00361. The summed E-state index contributed by atoms with van der Waals surface area (Å²) in [6.45, 7) is 11.0. The van der Waals surface area contributed by atoms with Crippen LogP contribution in [0.2, 0.25) is 0 Å². The minimum atomic E-state index is -0.541. The summed E-state index contributed by atoms with van der Waals surface area (Å²) in [4.78, 5) is 28.2. The van der Waals surface area contributed by atoms with Crippen LogP contribution in [0.5, 0.6) is 11.6 Å². The van der Waals surface area contributed by atoms with Gasteiger partial charge < -0.3 is 30.1 Å². The van der Waals surface area contributed by atoms with Gasteiger partial charge >= 0.3 is 6.09 Å². The number of likely N-dealkylation sites (tertiary alicyclic amines) is 1. The van der Waals surface area contributed by atoms with E-state index in [0.29, 0.717) is 42.9 Å². The van der Waals surface area contributed by atoms with Gasteiger partial charge in [-0.25, -0.2) is 19.7 Å². The van der Waals surface area contributed by atoms with Gasteiger partial charge in [-0.1, -0.05) is 24.3 Å². The Balaban J connectivity index is 1.38. The number of aliphatic hydroxyl groups excluding tert-OH is 1. The number of hydrogen-bond donors (Lipinski definition) is 3. The Hall–Kier alpha value is -4.44. The quantitative estimate of drug-likeness (QED) is 0.216. The second-order valence-corrected chi connectivity index (χ2v) is 12.0. The van der Waals surface area contributed by atoms with E-state index in [1.165, 1.54) is 0 Å². The van der Waals surface area contributed by atoms with Crippen molar-refractivity contribution in [2.24, 2.45) is 0 Å². The van der Waals surface area contributed by atoms with Crippen LogP contribution in [0.15, 0.2) is 60.9 Å². The average Bonchev–Trinajstić information content (AvgIpc) is 2.97. The molecule has 0 radical (unpaired) electrons. The number of aliphatic hydroxyl groups is 1. The third-order valence-corrected chi connectivity index (χ3v) is 7.10. The monoisotopic (exact) mass is 584 g/mol. The molecule has 1 saturated heterocycles. The molecule has 226 valence electrons. The van der Waals surface area contributed by atoms with Crippen molar-refractivity contribution < 1.29 is 19.4 Å². The molecule has 0 bridgehead atoms. The van der Waals surface area contributed by atoms with Crippen LogP contribution in [-0.4, -0.2) is 68.4 Å². The van der Waals surface area contributed by atoms with Gasteiger partial charge in [-0.2, -0.15) is 0 Å². The summed E-state index contributed by atoms with van der Waals surface area (Å²) in [5.74, 6) is 1.60. The van der Waals surface area contributed by atoms with Crippen molar-refractivity contribution in [3.63, 3.8) is 0 Å². The highest BCUT2D eigenvalue weighted by atomic mass is 16.6. The van der Waals surface area contributed by atoms with Crippen LogP contribution >= 0.6 is 0 Å². The second-order valence-electron chi connectivity index (χ2n) is 12.0. The van der Waals surface area contributed by atoms with Gasteiger partial charge in [-0.15, -0.1) is 0 Å². The van der Waals surface area contributed by atoms with Gasteiger partial charge in [-0.05, 0) is 77.3 Å². The normalized spacial score (nSPS) is 16.0. The van der Waals surface area contributed by atoms with Crippen LogP contribution in [0.25, 0.3) is 22.0 Å². The number of nitrogens with zero attached hydrogens (tertiary/aromatic N) is 4. The van der Waals surface area contributed by atoms with Crippen molar-refractivity contribution in [3.05, 3.63) is 66.5 Å². The average molecular weight is 585 g/mol. The summed E-state index contributed by atoms with van der Waals surface area (Å²) in [6, 6.07) is 15.7. The van der Waals surface area contributed by atoms with Crippen molar-refractivity contribution in [2.75, 3.05) is 30.3 Å². The first kappa shape index (κ1) is 30.0. The van der Waals surface area contributed by atoms with E-state index in [1.54, 1.807) is 24.2 Å². The molecule has 3 N–H and O–H groups in total. The Kier molecular flexibility index (Phi) is 8.96. The number of anilines is 2. The highest BCUT2D eigenvalue weighted by Gasteiger charge is 2.28. The molecule has 3 heterocycles. The second kappa shape index (κ2) is 12.8. The summed E-state index contributed by atoms with van der Waals surface area (Å²) in [7, 11) is 0. The largest absolute Gasteiger partial charge is 0.444 e. The number of ether oxygens (including phenoxy) is 2. The number of rotatable bonds is 8. The lowest BCUT2D eigenvalue weighted by Gasteiger charge is -2.34. The molecule has 5 rings (SSSR count). The van der Waals surface area contributed by atoms with Gasteiger partial charge in [-0.3, -0.25) is 0 Å². The Bertz CT molecular complexity index is 1590. The van der Waals surface area contributed by atoms with Crippen molar-refractivity contribution in [1.29, 1.82) is 0 Å². The predicted octanol–water partition coefficient (Wildman–Crippen LogP) is 6.40. The van der Waals surface area contributed by atoms with Crippen LogP contribution < -0.4 is 15.4 Å². The van der Waals surface area contributed by atoms with Gasteiger partial charge in [0.05, 0.1) is 17.4 Å². The van der Waals surface area contributed by atoms with E-state index < -0.39 is 11.7 Å². The van der Waals surface area contributed by atoms with E-state index in [4.69, 9.17) is 14.5 Å². The Morgan fingerprint density at radius 3 is 2.72 bits per heavy atom. The molecule has 2 atom stereocenters. The number of carbonyl (C=O) groups is 1. The third-order valence-electron chi connectivity index (χ3n) is 7.10. The molecule has 1 aliphatic heterocycles. The lowest BCUT2D eigenvalue weighted by Crippen LogP contribution is -2.47. The summed E-state index contributed by atoms with van der Waals surface area (Å²) >= 11 is 0. The van der Waals surface area contributed by atoms with Crippen LogP contribution in [0.1, 0.15) is 46.1 Å². The summed E-state index contributed by atoms with van der Waals surface area (Å²) in [6.07, 6.45) is 4.38. The first-order valence-corrected chi connectivity index (χ1v) is 14.7. The van der Waals surface area contributed by atoms with Crippen molar-refractivity contribution in [1.82, 2.24) is 19.9 Å². The van der Waals surface area contributed by atoms with Crippen molar-refractivity contribution >= 4 is 28.5 Å². The number of hydrogen-bond acceptors (Lipinski definition) is 9. The Morgan fingerprint density at radius 1 is 1.09 bits per heavy atom. The maximum atomic E-state index is 12.6. The van der Waals surface area contributed by atoms with E-state index >= 15 is 0 Å². The molecular formula is C33H40N6O4. The lowest BCUT2D eigenvalue weighted by atomic mass is 10.0. The van der Waals surface area contributed by atoms with Gasteiger partial charge in [0.1, 0.15) is 11.4 Å². The fourth-order valence-electron chi connectivity index (χ4n) is 5.10. The van der Waals surface area contributed by atoms with Gasteiger partial charge in [0.15, 0.2) is 0 Å². The van der Waals surface area contributed by atoms with E-state index in [0.717, 1.165) is 40.4 Å². The summed E-state index contributed by atoms with van der Waals surface area (Å²) < 4.78 is 12.1. The summed E-state index contributed by atoms with van der Waals surface area (Å²) in [5.41, 5.74) is 2.74. The number of nitrogens with one attached hydrogen (secondary N) is 2. The van der Waals surface area contributed by atoms with Crippen LogP contribution in [0, 0.1) is 6.92 Å². The molecule has 10 nitrogen and oxygen atoms in total. The van der Waals surface area contributed by atoms with E-state index in [-0.39, 0.29) is 12.1 Å². The molecule has 1 unspecified atom stereocenters. The van der Waals surface area contributed by atoms with Crippen LogP contribution in [0.3, 0.4) is 0 Å². The van der Waals surface area contributed by atoms with Crippen molar-refractivity contribution in [2.45, 2.75) is 65.2 Å². The zero-order valence-electron chi connectivity index (χ0n) is 25.4. The number of pyridine rings is 1. The standard InChI is InChI=1S/C33H40N6O4/c1-21-13-14-24-25(10-6-12-27(24)36-19-22(2)40)29(21)42-30-26(11-7-16-34-30)28-15-17-35-31(38-28)37-23-9-8-18-39(20-23)32(41)43-33(3,4)5/h6-7,10-17,22-23,36,40H,8-9,18-20H2,1-5H3,(H,35,37,38)/t22?,23-/m0/s1. The van der Waals surface area contributed by atoms with Crippen LogP contribution in [-0.2, 0) is 4.74 Å².